The molecule has 2 heterocycles. The predicted octanol–water partition coefficient (Wildman–Crippen LogP) is 2.70. The number of carbonyl (C=O) groups excluding carboxylic acids is 1. The number of aryl methyl sites for hydroxylation is 1. The van der Waals surface area contributed by atoms with Gasteiger partial charge < -0.3 is 14.7 Å². The fourth-order valence-electron chi connectivity index (χ4n) is 3.73. The Morgan fingerprint density at radius 3 is 3.00 bits per heavy atom. The van der Waals surface area contributed by atoms with Crippen LogP contribution >= 0.6 is 0 Å². The van der Waals surface area contributed by atoms with Crippen molar-refractivity contribution in [3.63, 3.8) is 0 Å². The van der Waals surface area contributed by atoms with E-state index < -0.39 is 0 Å². The Balaban J connectivity index is 1.43. The number of nitrogens with one attached hydrogen (secondary N) is 1. The molecule has 0 spiro atoms. The second-order valence-electron chi connectivity index (χ2n) is 6.88. The first-order chi connectivity index (χ1) is 12.2. The lowest BCUT2D eigenvalue weighted by Gasteiger charge is -2.23. The Kier molecular flexibility index (Phi) is 4.53. The average molecular weight is 343 g/mol. The highest BCUT2D eigenvalue weighted by Crippen LogP contribution is 2.26. The van der Waals surface area contributed by atoms with Gasteiger partial charge in [0.2, 0.25) is 0 Å². The van der Waals surface area contributed by atoms with E-state index in [4.69, 9.17) is 4.52 Å². The van der Waals surface area contributed by atoms with E-state index in [1.165, 1.54) is 6.07 Å². The molecule has 25 heavy (non-hydrogen) atoms. The molecule has 6 heteroatoms. The zero-order chi connectivity index (χ0) is 17.2. The molecule has 1 aliphatic carbocycles. The largest absolute Gasteiger partial charge is 0.360 e. The fourth-order valence-corrected chi connectivity index (χ4v) is 3.73. The molecule has 1 atom stereocenters. The minimum absolute atomic E-state index is 0.00622. The lowest BCUT2D eigenvalue weighted by atomic mass is 9.91. The Morgan fingerprint density at radius 1 is 1.36 bits per heavy atom. The summed E-state index contributed by atoms with van der Waals surface area (Å²) in [5.41, 5.74) is 2.35. The van der Waals surface area contributed by atoms with Crippen molar-refractivity contribution in [3.8, 4) is 0 Å². The van der Waals surface area contributed by atoms with Crippen molar-refractivity contribution in [1.82, 2.24) is 15.4 Å². The van der Waals surface area contributed by atoms with E-state index in [-0.39, 0.29) is 17.8 Å². The summed E-state index contributed by atoms with van der Waals surface area (Å²) in [4.78, 5) is 14.5. The number of hydrogen-bond donors (Lipinski definition) is 1. The van der Waals surface area contributed by atoms with Gasteiger partial charge in [-0.3, -0.25) is 4.79 Å². The van der Waals surface area contributed by atoms with Crippen molar-refractivity contribution < 1.29 is 13.7 Å². The molecule has 1 aliphatic heterocycles. The van der Waals surface area contributed by atoms with Gasteiger partial charge in [-0.25, -0.2) is 4.39 Å². The molecule has 1 N–H and O–H groups in total. The van der Waals surface area contributed by atoms with Crippen LogP contribution in [0.5, 0.6) is 0 Å². The highest BCUT2D eigenvalue weighted by atomic mass is 19.1. The number of halogens is 1. The molecule has 5 nitrogen and oxygen atoms in total. The topological polar surface area (TPSA) is 58.4 Å². The van der Waals surface area contributed by atoms with Crippen LogP contribution in [-0.2, 0) is 19.4 Å². The SMILES string of the molecule is O=C(c1noc2c1CC(NCc1cccc(F)c1)CC2)N1CCCC1. The summed E-state index contributed by atoms with van der Waals surface area (Å²) < 4.78 is 18.7. The number of rotatable bonds is 4. The van der Waals surface area contributed by atoms with Crippen LogP contribution in [0.25, 0.3) is 0 Å². The molecule has 4 rings (SSSR count). The molecule has 2 aliphatic rings. The van der Waals surface area contributed by atoms with Gasteiger partial charge in [-0.1, -0.05) is 17.3 Å². The first kappa shape index (κ1) is 16.3. The van der Waals surface area contributed by atoms with Crippen molar-refractivity contribution in [1.29, 1.82) is 0 Å². The molecule has 1 aromatic carbocycles. The second kappa shape index (κ2) is 6.96. The van der Waals surface area contributed by atoms with Gasteiger partial charge in [-0.05, 0) is 43.4 Å². The molecule has 1 amide bonds. The normalized spacial score (nSPS) is 19.9. The summed E-state index contributed by atoms with van der Waals surface area (Å²) in [6, 6.07) is 6.86. The van der Waals surface area contributed by atoms with Gasteiger partial charge >= 0.3 is 0 Å². The number of benzene rings is 1. The van der Waals surface area contributed by atoms with Gasteiger partial charge in [0.25, 0.3) is 5.91 Å². The smallest absolute Gasteiger partial charge is 0.276 e. The van der Waals surface area contributed by atoms with Gasteiger partial charge in [0.05, 0.1) is 0 Å². The number of hydrogen-bond acceptors (Lipinski definition) is 4. The molecule has 0 bridgehead atoms. The van der Waals surface area contributed by atoms with E-state index in [0.29, 0.717) is 12.2 Å². The third-order valence-electron chi connectivity index (χ3n) is 5.12. The number of nitrogens with zero attached hydrogens (tertiary/aromatic N) is 2. The van der Waals surface area contributed by atoms with E-state index in [0.717, 1.165) is 62.1 Å². The van der Waals surface area contributed by atoms with E-state index >= 15 is 0 Å². The maximum absolute atomic E-state index is 13.3. The van der Waals surface area contributed by atoms with Gasteiger partial charge in [-0.2, -0.15) is 0 Å². The van der Waals surface area contributed by atoms with Crippen LogP contribution in [-0.4, -0.2) is 35.1 Å². The zero-order valence-corrected chi connectivity index (χ0v) is 14.1. The van der Waals surface area contributed by atoms with Crippen LogP contribution in [0, 0.1) is 5.82 Å². The van der Waals surface area contributed by atoms with Gasteiger partial charge in [0.15, 0.2) is 5.69 Å². The van der Waals surface area contributed by atoms with Crippen molar-refractivity contribution in [3.05, 3.63) is 52.7 Å². The maximum atomic E-state index is 13.3. The lowest BCUT2D eigenvalue weighted by Crippen LogP contribution is -2.35. The molecule has 2 aromatic rings. The molecule has 132 valence electrons. The standard InChI is InChI=1S/C19H22FN3O2/c20-14-5-3-4-13(10-14)12-21-15-6-7-17-16(11-15)18(22-25-17)19(24)23-8-1-2-9-23/h3-5,10,15,21H,1-2,6-9,11-12H2. The predicted molar refractivity (Wildman–Crippen MR) is 90.7 cm³/mol. The van der Waals surface area contributed by atoms with Crippen molar-refractivity contribution in [2.75, 3.05) is 13.1 Å². The number of aromatic nitrogens is 1. The van der Waals surface area contributed by atoms with Gasteiger partial charge in [-0.15, -0.1) is 0 Å². The highest BCUT2D eigenvalue weighted by Gasteiger charge is 2.31. The van der Waals surface area contributed by atoms with E-state index in [2.05, 4.69) is 10.5 Å². The maximum Gasteiger partial charge on any atom is 0.276 e. The van der Waals surface area contributed by atoms with Crippen molar-refractivity contribution in [2.45, 2.75) is 44.7 Å². The van der Waals surface area contributed by atoms with E-state index in [1.54, 1.807) is 12.1 Å². The zero-order valence-electron chi connectivity index (χ0n) is 14.1. The first-order valence-electron chi connectivity index (χ1n) is 8.95. The fraction of sp³-hybridized carbons (Fsp3) is 0.474. The monoisotopic (exact) mass is 343 g/mol. The number of amides is 1. The van der Waals surface area contributed by atoms with E-state index in [1.807, 2.05) is 11.0 Å². The molecule has 0 saturated carbocycles. The molecular weight excluding hydrogens is 321 g/mol. The minimum atomic E-state index is -0.220. The molecule has 1 aromatic heterocycles. The van der Waals surface area contributed by atoms with Crippen LogP contribution in [0.1, 0.15) is 46.6 Å². The Hall–Kier alpha value is -2.21. The summed E-state index contributed by atoms with van der Waals surface area (Å²) in [6.07, 6.45) is 4.54. The molecule has 0 radical (unpaired) electrons. The summed E-state index contributed by atoms with van der Waals surface area (Å²) in [6.45, 7) is 2.22. The second-order valence-corrected chi connectivity index (χ2v) is 6.88. The van der Waals surface area contributed by atoms with Crippen molar-refractivity contribution >= 4 is 5.91 Å². The number of likely N-dealkylation sites (tertiary alicyclic amines) is 1. The van der Waals surface area contributed by atoms with Crippen LogP contribution in [0.4, 0.5) is 4.39 Å². The van der Waals surface area contributed by atoms with Crippen LogP contribution in [0.3, 0.4) is 0 Å². The third kappa shape index (κ3) is 3.44. The summed E-state index contributed by atoms with van der Waals surface area (Å²) in [5, 5.41) is 7.53. The quantitative estimate of drug-likeness (QED) is 0.927. The molecule has 1 fully saturated rings. The summed E-state index contributed by atoms with van der Waals surface area (Å²) in [5.74, 6) is 0.613. The number of fused-ring (bicyclic) bond motifs is 1. The Morgan fingerprint density at radius 2 is 2.20 bits per heavy atom. The minimum Gasteiger partial charge on any atom is -0.360 e. The Labute approximate surface area is 146 Å². The van der Waals surface area contributed by atoms with Crippen LogP contribution < -0.4 is 5.32 Å². The van der Waals surface area contributed by atoms with Crippen LogP contribution in [0.2, 0.25) is 0 Å². The van der Waals surface area contributed by atoms with Crippen molar-refractivity contribution in [2.24, 2.45) is 0 Å². The average Bonchev–Trinajstić information content (AvgIpc) is 3.29. The summed E-state index contributed by atoms with van der Waals surface area (Å²) in [7, 11) is 0. The van der Waals surface area contributed by atoms with Crippen LogP contribution in [0.15, 0.2) is 28.8 Å². The number of carbonyl (C=O) groups is 1. The third-order valence-corrected chi connectivity index (χ3v) is 5.12. The molecule has 1 unspecified atom stereocenters. The highest BCUT2D eigenvalue weighted by molar-refractivity contribution is 5.94. The molecular formula is C19H22FN3O2. The Bertz CT molecular complexity index is 768. The van der Waals surface area contributed by atoms with Gasteiger partial charge in [0.1, 0.15) is 11.6 Å². The molecule has 1 saturated heterocycles. The lowest BCUT2D eigenvalue weighted by molar-refractivity contribution is 0.0781. The van der Waals surface area contributed by atoms with E-state index in [9.17, 15) is 9.18 Å². The van der Waals surface area contributed by atoms with Gasteiger partial charge in [0, 0.05) is 37.7 Å². The summed E-state index contributed by atoms with van der Waals surface area (Å²) >= 11 is 0. The first-order valence-corrected chi connectivity index (χ1v) is 8.95.